The molecule has 1 aromatic rings. The van der Waals surface area contributed by atoms with Crippen LogP contribution in [0, 0.1) is 0 Å². The molecule has 2 aliphatic heterocycles. The Bertz CT molecular complexity index is 514. The Hall–Kier alpha value is -1.40. The van der Waals surface area contributed by atoms with Gasteiger partial charge in [-0.15, -0.1) is 11.3 Å². The second-order valence-electron chi connectivity index (χ2n) is 5.09. The summed E-state index contributed by atoms with van der Waals surface area (Å²) in [5.41, 5.74) is 0. The molecule has 2 saturated heterocycles. The van der Waals surface area contributed by atoms with Gasteiger partial charge in [0.05, 0.1) is 0 Å². The van der Waals surface area contributed by atoms with Crippen molar-refractivity contribution in [2.45, 2.75) is 25.4 Å². The molecule has 1 aromatic heterocycles. The van der Waals surface area contributed by atoms with Gasteiger partial charge in [-0.1, -0.05) is 0 Å². The van der Waals surface area contributed by atoms with Crippen LogP contribution in [-0.4, -0.2) is 52.5 Å². The van der Waals surface area contributed by atoms with Crippen molar-refractivity contribution in [1.29, 1.82) is 0 Å². The molecule has 0 spiro atoms. The van der Waals surface area contributed by atoms with Crippen LogP contribution in [0.25, 0.3) is 0 Å². The van der Waals surface area contributed by atoms with Crippen LogP contribution in [0.3, 0.4) is 0 Å². The maximum absolute atomic E-state index is 11.6. The summed E-state index contributed by atoms with van der Waals surface area (Å²) in [6.45, 7) is 3.38. The summed E-state index contributed by atoms with van der Waals surface area (Å²) in [6, 6.07) is 3.91. The monoisotopic (exact) mass is 280 g/mol. The minimum Gasteiger partial charge on any atom is -0.477 e. The molecular formula is C13H16N2O3S. The lowest BCUT2D eigenvalue weighted by molar-refractivity contribution is -0.130. The molecule has 0 aromatic carbocycles. The van der Waals surface area contributed by atoms with Crippen LogP contribution in [0.15, 0.2) is 12.1 Å². The lowest BCUT2D eigenvalue weighted by atomic mass is 10.1. The molecule has 0 saturated carbocycles. The summed E-state index contributed by atoms with van der Waals surface area (Å²) in [5, 5.41) is 8.91. The molecule has 5 nitrogen and oxygen atoms in total. The molecule has 3 heterocycles. The van der Waals surface area contributed by atoms with Crippen LogP contribution in [-0.2, 0) is 11.3 Å². The molecule has 19 heavy (non-hydrogen) atoms. The molecule has 6 heteroatoms. The van der Waals surface area contributed by atoms with Crippen LogP contribution < -0.4 is 0 Å². The Morgan fingerprint density at radius 2 is 2.26 bits per heavy atom. The van der Waals surface area contributed by atoms with Gasteiger partial charge in [-0.2, -0.15) is 0 Å². The zero-order valence-corrected chi connectivity index (χ0v) is 11.4. The Labute approximate surface area is 115 Å². The number of aromatic carboxylic acids is 1. The van der Waals surface area contributed by atoms with Gasteiger partial charge in [0.1, 0.15) is 4.88 Å². The van der Waals surface area contributed by atoms with Gasteiger partial charge in [-0.25, -0.2) is 4.79 Å². The average Bonchev–Trinajstić information content (AvgIpc) is 2.97. The third kappa shape index (κ3) is 2.50. The molecule has 102 valence electrons. The molecule has 1 unspecified atom stereocenters. The lowest BCUT2D eigenvalue weighted by Crippen LogP contribution is -2.50. The first-order valence-electron chi connectivity index (χ1n) is 6.47. The normalized spacial score (nSPS) is 23.7. The van der Waals surface area contributed by atoms with Crippen molar-refractivity contribution in [1.82, 2.24) is 9.80 Å². The quantitative estimate of drug-likeness (QED) is 0.905. The van der Waals surface area contributed by atoms with Crippen LogP contribution in [0.4, 0.5) is 0 Å². The standard InChI is InChI=1S/C13H16N2O3S/c16-12-4-1-9-7-14(5-6-15(9)12)8-10-2-3-11(19-10)13(17)18/h2-3,9H,1,4-8H2,(H,17,18). The van der Waals surface area contributed by atoms with Gasteiger partial charge < -0.3 is 10.0 Å². The first kappa shape index (κ1) is 12.6. The van der Waals surface area contributed by atoms with Crippen molar-refractivity contribution < 1.29 is 14.7 Å². The molecule has 3 rings (SSSR count). The van der Waals surface area contributed by atoms with E-state index in [0.717, 1.165) is 37.5 Å². The third-order valence-corrected chi connectivity index (χ3v) is 4.89. The van der Waals surface area contributed by atoms with E-state index in [4.69, 9.17) is 5.11 Å². The Kier molecular flexibility index (Phi) is 3.28. The van der Waals surface area contributed by atoms with Crippen molar-refractivity contribution >= 4 is 23.2 Å². The van der Waals surface area contributed by atoms with Crippen LogP contribution >= 0.6 is 11.3 Å². The molecule has 1 N–H and O–H groups in total. The zero-order chi connectivity index (χ0) is 13.4. The second kappa shape index (κ2) is 4.94. The minimum atomic E-state index is -0.859. The van der Waals surface area contributed by atoms with Crippen LogP contribution in [0.5, 0.6) is 0 Å². The number of carbonyl (C=O) groups is 2. The van der Waals surface area contributed by atoms with Gasteiger partial charge in [0.15, 0.2) is 0 Å². The highest BCUT2D eigenvalue weighted by Gasteiger charge is 2.35. The van der Waals surface area contributed by atoms with Crippen molar-refractivity contribution in [3.8, 4) is 0 Å². The lowest BCUT2D eigenvalue weighted by Gasteiger charge is -2.37. The van der Waals surface area contributed by atoms with Crippen LogP contribution in [0.1, 0.15) is 27.4 Å². The van der Waals surface area contributed by atoms with E-state index < -0.39 is 5.97 Å². The van der Waals surface area contributed by atoms with E-state index in [2.05, 4.69) is 4.90 Å². The highest BCUT2D eigenvalue weighted by Crippen LogP contribution is 2.25. The number of fused-ring (bicyclic) bond motifs is 1. The first-order chi connectivity index (χ1) is 9.13. The number of rotatable bonds is 3. The van der Waals surface area contributed by atoms with Gasteiger partial charge in [0.25, 0.3) is 0 Å². The first-order valence-corrected chi connectivity index (χ1v) is 7.29. The van der Waals surface area contributed by atoms with E-state index in [9.17, 15) is 9.59 Å². The summed E-state index contributed by atoms with van der Waals surface area (Å²) >= 11 is 1.34. The van der Waals surface area contributed by atoms with Crippen molar-refractivity contribution in [2.75, 3.05) is 19.6 Å². The summed E-state index contributed by atoms with van der Waals surface area (Å²) in [7, 11) is 0. The predicted molar refractivity (Wildman–Crippen MR) is 71.3 cm³/mol. The summed E-state index contributed by atoms with van der Waals surface area (Å²) in [5.74, 6) is -0.573. The molecule has 0 radical (unpaired) electrons. The number of carboxylic acid groups (broad SMARTS) is 1. The highest BCUT2D eigenvalue weighted by molar-refractivity contribution is 7.13. The molecule has 1 atom stereocenters. The Balaban J connectivity index is 1.61. The topological polar surface area (TPSA) is 60.9 Å². The van der Waals surface area contributed by atoms with E-state index in [-0.39, 0.29) is 5.91 Å². The number of carboxylic acids is 1. The number of hydrogen-bond donors (Lipinski definition) is 1. The average molecular weight is 280 g/mol. The van der Waals surface area contributed by atoms with E-state index in [1.807, 2.05) is 11.0 Å². The number of piperazine rings is 1. The minimum absolute atomic E-state index is 0.286. The second-order valence-corrected chi connectivity index (χ2v) is 6.25. The number of carbonyl (C=O) groups excluding carboxylic acids is 1. The summed E-state index contributed by atoms with van der Waals surface area (Å²) in [4.78, 5) is 28.2. The smallest absolute Gasteiger partial charge is 0.345 e. The summed E-state index contributed by atoms with van der Waals surface area (Å²) < 4.78 is 0. The van der Waals surface area contributed by atoms with E-state index >= 15 is 0 Å². The van der Waals surface area contributed by atoms with Gasteiger partial charge in [-0.3, -0.25) is 9.69 Å². The Morgan fingerprint density at radius 3 is 3.00 bits per heavy atom. The molecule has 0 aliphatic carbocycles. The van der Waals surface area contributed by atoms with E-state index in [0.29, 0.717) is 17.3 Å². The fraction of sp³-hybridized carbons (Fsp3) is 0.538. The summed E-state index contributed by atoms with van der Waals surface area (Å²) in [6.07, 6.45) is 1.64. The number of hydrogen-bond acceptors (Lipinski definition) is 4. The number of amides is 1. The van der Waals surface area contributed by atoms with Crippen molar-refractivity contribution in [2.24, 2.45) is 0 Å². The molecule has 2 fully saturated rings. The SMILES string of the molecule is O=C(O)c1ccc(CN2CCN3C(=O)CCC3C2)s1. The fourth-order valence-corrected chi connectivity index (χ4v) is 3.76. The van der Waals surface area contributed by atoms with Crippen molar-refractivity contribution in [3.63, 3.8) is 0 Å². The molecule has 1 amide bonds. The maximum Gasteiger partial charge on any atom is 0.345 e. The van der Waals surface area contributed by atoms with E-state index in [1.165, 1.54) is 11.3 Å². The largest absolute Gasteiger partial charge is 0.477 e. The highest BCUT2D eigenvalue weighted by atomic mass is 32.1. The predicted octanol–water partition coefficient (Wildman–Crippen LogP) is 1.25. The van der Waals surface area contributed by atoms with Gasteiger partial charge in [0.2, 0.25) is 5.91 Å². The van der Waals surface area contributed by atoms with Gasteiger partial charge in [0, 0.05) is 43.5 Å². The zero-order valence-electron chi connectivity index (χ0n) is 10.5. The third-order valence-electron chi connectivity index (χ3n) is 3.83. The van der Waals surface area contributed by atoms with Crippen LogP contribution in [0.2, 0.25) is 0 Å². The number of thiophene rings is 1. The fourth-order valence-electron chi connectivity index (χ4n) is 2.87. The maximum atomic E-state index is 11.6. The van der Waals surface area contributed by atoms with E-state index in [1.54, 1.807) is 6.07 Å². The molecular weight excluding hydrogens is 264 g/mol. The molecule has 0 bridgehead atoms. The van der Waals surface area contributed by atoms with Crippen molar-refractivity contribution in [3.05, 3.63) is 21.9 Å². The van der Waals surface area contributed by atoms with Gasteiger partial charge in [-0.05, 0) is 18.6 Å². The Morgan fingerprint density at radius 1 is 1.42 bits per heavy atom. The molecule has 2 aliphatic rings. The van der Waals surface area contributed by atoms with Gasteiger partial charge >= 0.3 is 5.97 Å². The number of nitrogens with zero attached hydrogens (tertiary/aromatic N) is 2.